The van der Waals surface area contributed by atoms with E-state index in [1.54, 1.807) is 11.8 Å². The van der Waals surface area contributed by atoms with E-state index in [-0.39, 0.29) is 5.91 Å². The summed E-state index contributed by atoms with van der Waals surface area (Å²) in [4.78, 5) is 16.8. The Morgan fingerprint density at radius 3 is 2.57 bits per heavy atom. The molecule has 0 bridgehead atoms. The quantitative estimate of drug-likeness (QED) is 0.716. The Morgan fingerprint density at radius 2 is 1.87 bits per heavy atom. The van der Waals surface area contributed by atoms with Gasteiger partial charge < -0.3 is 0 Å². The molecule has 0 atom stereocenters. The smallest absolute Gasteiger partial charge is 0.257 e. The van der Waals surface area contributed by atoms with Crippen LogP contribution in [-0.4, -0.2) is 17.1 Å². The van der Waals surface area contributed by atoms with E-state index >= 15 is 0 Å². The van der Waals surface area contributed by atoms with E-state index in [9.17, 15) is 4.79 Å². The van der Waals surface area contributed by atoms with Crippen LogP contribution in [0.3, 0.4) is 0 Å². The van der Waals surface area contributed by atoms with Crippen LogP contribution in [0.5, 0.6) is 0 Å². The molecule has 3 rings (SSSR count). The highest BCUT2D eigenvalue weighted by atomic mass is 32.2. The second-order valence-corrected chi connectivity index (χ2v) is 6.71. The molecular formula is C18H16N2OS2. The van der Waals surface area contributed by atoms with E-state index in [2.05, 4.69) is 16.6 Å². The standard InChI is InChI=1S/C18H16N2OS2/c1-22-11-13-7-9-15(10-8-13)17(21)20-18-19-16(12-23-18)14-5-3-2-4-6-14/h2-10,12H,11H2,1H3,(H,19,20,21). The van der Waals surface area contributed by atoms with Gasteiger partial charge in [-0.2, -0.15) is 11.8 Å². The highest BCUT2D eigenvalue weighted by molar-refractivity contribution is 7.97. The maximum Gasteiger partial charge on any atom is 0.257 e. The van der Waals surface area contributed by atoms with Crippen molar-refractivity contribution >= 4 is 34.1 Å². The molecule has 5 heteroatoms. The number of hydrogen-bond acceptors (Lipinski definition) is 4. The minimum atomic E-state index is -0.130. The third-order valence-electron chi connectivity index (χ3n) is 3.32. The van der Waals surface area contributed by atoms with Crippen molar-refractivity contribution < 1.29 is 4.79 Å². The van der Waals surface area contributed by atoms with Gasteiger partial charge in [0, 0.05) is 22.3 Å². The number of benzene rings is 2. The molecule has 0 spiro atoms. The predicted octanol–water partition coefficient (Wildman–Crippen LogP) is 4.93. The molecule has 3 nitrogen and oxygen atoms in total. The number of anilines is 1. The maximum atomic E-state index is 12.3. The lowest BCUT2D eigenvalue weighted by molar-refractivity contribution is 0.102. The molecule has 23 heavy (non-hydrogen) atoms. The van der Waals surface area contributed by atoms with Gasteiger partial charge in [-0.25, -0.2) is 4.98 Å². The Hall–Kier alpha value is -2.11. The summed E-state index contributed by atoms with van der Waals surface area (Å²) >= 11 is 3.20. The Morgan fingerprint density at radius 1 is 1.13 bits per heavy atom. The van der Waals surface area contributed by atoms with Crippen LogP contribution in [0.25, 0.3) is 11.3 Å². The normalized spacial score (nSPS) is 10.5. The van der Waals surface area contributed by atoms with Crippen molar-refractivity contribution in [2.24, 2.45) is 0 Å². The Balaban J connectivity index is 1.69. The molecule has 0 fully saturated rings. The third-order valence-corrected chi connectivity index (χ3v) is 4.70. The topological polar surface area (TPSA) is 42.0 Å². The Kier molecular flexibility index (Phi) is 5.10. The van der Waals surface area contributed by atoms with Crippen LogP contribution in [0.1, 0.15) is 15.9 Å². The van der Waals surface area contributed by atoms with Gasteiger partial charge in [0.05, 0.1) is 5.69 Å². The molecular weight excluding hydrogens is 324 g/mol. The molecule has 2 aromatic carbocycles. The van der Waals surface area contributed by atoms with Crippen molar-refractivity contribution in [3.63, 3.8) is 0 Å². The number of nitrogens with one attached hydrogen (secondary N) is 1. The van der Waals surface area contributed by atoms with Crippen LogP contribution in [0.15, 0.2) is 60.0 Å². The van der Waals surface area contributed by atoms with E-state index in [0.29, 0.717) is 10.7 Å². The zero-order chi connectivity index (χ0) is 16.1. The number of nitrogens with zero attached hydrogens (tertiary/aromatic N) is 1. The van der Waals surface area contributed by atoms with E-state index in [1.807, 2.05) is 60.0 Å². The molecule has 1 heterocycles. The third kappa shape index (κ3) is 4.00. The van der Waals surface area contributed by atoms with Gasteiger partial charge in [0.1, 0.15) is 0 Å². The average molecular weight is 340 g/mol. The van der Waals surface area contributed by atoms with Crippen molar-refractivity contribution in [3.05, 3.63) is 71.1 Å². The van der Waals surface area contributed by atoms with Gasteiger partial charge >= 0.3 is 0 Å². The molecule has 1 amide bonds. The highest BCUT2D eigenvalue weighted by Gasteiger charge is 2.10. The number of thioether (sulfide) groups is 1. The highest BCUT2D eigenvalue weighted by Crippen LogP contribution is 2.25. The fourth-order valence-corrected chi connectivity index (χ4v) is 3.40. The largest absolute Gasteiger partial charge is 0.298 e. The molecule has 116 valence electrons. The lowest BCUT2D eigenvalue weighted by Gasteiger charge is -2.03. The van der Waals surface area contributed by atoms with Crippen LogP contribution in [0.2, 0.25) is 0 Å². The van der Waals surface area contributed by atoms with Crippen molar-refractivity contribution in [2.45, 2.75) is 5.75 Å². The van der Waals surface area contributed by atoms with Gasteiger partial charge in [-0.3, -0.25) is 10.1 Å². The first-order valence-electron chi connectivity index (χ1n) is 7.16. The van der Waals surface area contributed by atoms with E-state index in [0.717, 1.165) is 17.0 Å². The zero-order valence-corrected chi connectivity index (χ0v) is 14.3. The van der Waals surface area contributed by atoms with Crippen LogP contribution in [-0.2, 0) is 5.75 Å². The molecule has 0 aliphatic carbocycles. The van der Waals surface area contributed by atoms with Crippen LogP contribution < -0.4 is 5.32 Å². The summed E-state index contributed by atoms with van der Waals surface area (Å²) in [5.41, 5.74) is 3.79. The van der Waals surface area contributed by atoms with Gasteiger partial charge in [0.25, 0.3) is 5.91 Å². The number of thiazole rings is 1. The van der Waals surface area contributed by atoms with Gasteiger partial charge in [-0.1, -0.05) is 42.5 Å². The summed E-state index contributed by atoms with van der Waals surface area (Å²) in [7, 11) is 0. The number of carbonyl (C=O) groups is 1. The molecule has 1 N–H and O–H groups in total. The minimum Gasteiger partial charge on any atom is -0.298 e. The summed E-state index contributed by atoms with van der Waals surface area (Å²) in [5, 5.41) is 5.43. The first-order chi connectivity index (χ1) is 11.3. The lowest BCUT2D eigenvalue weighted by atomic mass is 10.1. The number of rotatable bonds is 5. The number of carbonyl (C=O) groups excluding carboxylic acids is 1. The number of aromatic nitrogens is 1. The van der Waals surface area contributed by atoms with Crippen molar-refractivity contribution in [1.82, 2.24) is 4.98 Å². The Bertz CT molecular complexity index is 782. The van der Waals surface area contributed by atoms with Crippen LogP contribution in [0, 0.1) is 0 Å². The number of hydrogen-bond donors (Lipinski definition) is 1. The first-order valence-corrected chi connectivity index (χ1v) is 9.44. The molecule has 0 aliphatic heterocycles. The van der Waals surface area contributed by atoms with Gasteiger partial charge in [-0.15, -0.1) is 11.3 Å². The summed E-state index contributed by atoms with van der Waals surface area (Å²) in [6, 6.07) is 17.6. The second-order valence-electron chi connectivity index (χ2n) is 4.99. The molecule has 0 aliphatic rings. The fourth-order valence-electron chi connectivity index (χ4n) is 2.16. The monoisotopic (exact) mass is 340 g/mol. The molecule has 0 saturated carbocycles. The van der Waals surface area contributed by atoms with E-state index < -0.39 is 0 Å². The van der Waals surface area contributed by atoms with Crippen LogP contribution >= 0.6 is 23.1 Å². The van der Waals surface area contributed by atoms with E-state index in [4.69, 9.17) is 0 Å². The van der Waals surface area contributed by atoms with Crippen molar-refractivity contribution in [1.29, 1.82) is 0 Å². The van der Waals surface area contributed by atoms with Gasteiger partial charge in [-0.05, 0) is 24.0 Å². The zero-order valence-electron chi connectivity index (χ0n) is 12.7. The SMILES string of the molecule is CSCc1ccc(C(=O)Nc2nc(-c3ccccc3)cs2)cc1. The summed E-state index contributed by atoms with van der Waals surface area (Å²) in [5.74, 6) is 0.823. The molecule has 0 radical (unpaired) electrons. The van der Waals surface area contributed by atoms with Crippen molar-refractivity contribution in [3.8, 4) is 11.3 Å². The molecule has 0 saturated heterocycles. The van der Waals surface area contributed by atoms with E-state index in [1.165, 1.54) is 16.9 Å². The van der Waals surface area contributed by atoms with Gasteiger partial charge in [0.2, 0.25) is 0 Å². The predicted molar refractivity (Wildman–Crippen MR) is 99.2 cm³/mol. The minimum absolute atomic E-state index is 0.130. The summed E-state index contributed by atoms with van der Waals surface area (Å²) in [6.07, 6.45) is 2.06. The fraction of sp³-hybridized carbons (Fsp3) is 0.111. The molecule has 1 aromatic heterocycles. The number of amides is 1. The average Bonchev–Trinajstić information content (AvgIpc) is 3.05. The Labute approximate surface area is 143 Å². The second kappa shape index (κ2) is 7.44. The molecule has 3 aromatic rings. The summed E-state index contributed by atoms with van der Waals surface area (Å²) in [6.45, 7) is 0. The first kappa shape index (κ1) is 15.8. The van der Waals surface area contributed by atoms with Crippen molar-refractivity contribution in [2.75, 3.05) is 11.6 Å². The lowest BCUT2D eigenvalue weighted by Crippen LogP contribution is -2.11. The maximum absolute atomic E-state index is 12.3. The van der Waals surface area contributed by atoms with Crippen LogP contribution in [0.4, 0.5) is 5.13 Å². The summed E-state index contributed by atoms with van der Waals surface area (Å²) < 4.78 is 0. The van der Waals surface area contributed by atoms with Gasteiger partial charge in [0.15, 0.2) is 5.13 Å². The molecule has 0 unspecified atom stereocenters.